The van der Waals surface area contributed by atoms with Crippen LogP contribution in [0.1, 0.15) is 5.56 Å². The summed E-state index contributed by atoms with van der Waals surface area (Å²) >= 11 is 1.51. The number of benzene rings is 2. The minimum Gasteiger partial charge on any atom is -0.298 e. The second-order valence-corrected chi connectivity index (χ2v) is 6.07. The number of thioether (sulfide) groups is 1. The molecule has 0 amide bonds. The highest BCUT2D eigenvalue weighted by molar-refractivity contribution is 7.98. The molecule has 3 nitrogen and oxygen atoms in total. The van der Waals surface area contributed by atoms with E-state index in [1.807, 2.05) is 4.57 Å². The van der Waals surface area contributed by atoms with Crippen LogP contribution in [0.15, 0.2) is 66.3 Å². The third-order valence-corrected chi connectivity index (χ3v) is 4.45. The Balaban J connectivity index is 1.84. The zero-order chi connectivity index (χ0) is 16.9. The molecule has 0 aliphatic heterocycles. The van der Waals surface area contributed by atoms with Gasteiger partial charge in [0.2, 0.25) is 0 Å². The van der Waals surface area contributed by atoms with Crippen molar-refractivity contribution in [3.8, 4) is 11.4 Å². The van der Waals surface area contributed by atoms with Gasteiger partial charge in [0.15, 0.2) is 11.0 Å². The largest absolute Gasteiger partial charge is 0.298 e. The van der Waals surface area contributed by atoms with E-state index in [0.29, 0.717) is 18.1 Å². The maximum absolute atomic E-state index is 13.1. The van der Waals surface area contributed by atoms with E-state index in [0.717, 1.165) is 16.3 Å². The molecule has 1 heterocycles. The van der Waals surface area contributed by atoms with E-state index in [1.54, 1.807) is 30.3 Å². The fourth-order valence-corrected chi connectivity index (χ4v) is 3.13. The van der Waals surface area contributed by atoms with Gasteiger partial charge >= 0.3 is 0 Å². The molecule has 0 saturated heterocycles. The van der Waals surface area contributed by atoms with Crippen molar-refractivity contribution < 1.29 is 8.78 Å². The van der Waals surface area contributed by atoms with Crippen LogP contribution < -0.4 is 0 Å². The summed E-state index contributed by atoms with van der Waals surface area (Å²) in [6, 6.07) is 12.5. The summed E-state index contributed by atoms with van der Waals surface area (Å²) in [5.41, 5.74) is 1.79. The number of halogens is 2. The van der Waals surface area contributed by atoms with Gasteiger partial charge in [0.1, 0.15) is 11.6 Å². The lowest BCUT2D eigenvalue weighted by molar-refractivity contribution is 0.627. The van der Waals surface area contributed by atoms with E-state index in [4.69, 9.17) is 0 Å². The Kier molecular flexibility index (Phi) is 5.05. The number of nitrogens with zero attached hydrogens (tertiary/aromatic N) is 3. The normalized spacial score (nSPS) is 10.8. The van der Waals surface area contributed by atoms with Crippen LogP contribution in [0, 0.1) is 11.6 Å². The van der Waals surface area contributed by atoms with E-state index < -0.39 is 0 Å². The molecule has 0 radical (unpaired) electrons. The SMILES string of the molecule is C=CCn1c(SCc2ccc(F)cc2)nnc1-c1ccc(F)cc1. The fourth-order valence-electron chi connectivity index (χ4n) is 2.23. The lowest BCUT2D eigenvalue weighted by Crippen LogP contribution is -2.00. The van der Waals surface area contributed by atoms with Gasteiger partial charge in [0, 0.05) is 17.9 Å². The smallest absolute Gasteiger partial charge is 0.192 e. The molecule has 0 aliphatic rings. The van der Waals surface area contributed by atoms with Gasteiger partial charge in [-0.25, -0.2) is 8.78 Å². The molecule has 6 heteroatoms. The molecular formula is C18H15F2N3S. The predicted octanol–water partition coefficient (Wildman–Crippen LogP) is 4.70. The number of hydrogen-bond acceptors (Lipinski definition) is 3. The van der Waals surface area contributed by atoms with Crippen LogP contribution in [0.4, 0.5) is 8.78 Å². The molecule has 3 aromatic rings. The molecule has 1 aromatic heterocycles. The van der Waals surface area contributed by atoms with Gasteiger partial charge in [-0.2, -0.15) is 0 Å². The van der Waals surface area contributed by atoms with E-state index in [9.17, 15) is 8.78 Å². The second kappa shape index (κ2) is 7.40. The van der Waals surface area contributed by atoms with Crippen LogP contribution in [0.5, 0.6) is 0 Å². The van der Waals surface area contributed by atoms with Gasteiger partial charge in [-0.05, 0) is 42.0 Å². The Morgan fingerprint density at radius 1 is 0.958 bits per heavy atom. The van der Waals surface area contributed by atoms with Crippen molar-refractivity contribution in [3.05, 3.63) is 78.4 Å². The molecule has 0 spiro atoms. The third-order valence-electron chi connectivity index (χ3n) is 3.41. The van der Waals surface area contributed by atoms with Gasteiger partial charge in [0.25, 0.3) is 0 Å². The van der Waals surface area contributed by atoms with Crippen molar-refractivity contribution >= 4 is 11.8 Å². The standard InChI is InChI=1S/C18H15F2N3S/c1-2-11-23-17(14-5-9-16(20)10-6-14)21-22-18(23)24-12-13-3-7-15(19)8-4-13/h2-10H,1,11-12H2. The zero-order valence-electron chi connectivity index (χ0n) is 12.8. The Bertz CT molecular complexity index is 826. The van der Waals surface area contributed by atoms with Gasteiger partial charge in [-0.1, -0.05) is 30.0 Å². The summed E-state index contributed by atoms with van der Waals surface area (Å²) in [4.78, 5) is 0. The van der Waals surface area contributed by atoms with Gasteiger partial charge in [-0.3, -0.25) is 4.57 Å². The molecule has 0 bridgehead atoms. The maximum Gasteiger partial charge on any atom is 0.192 e. The van der Waals surface area contributed by atoms with Crippen LogP contribution in [0.25, 0.3) is 11.4 Å². The van der Waals surface area contributed by atoms with Crippen molar-refractivity contribution in [1.29, 1.82) is 0 Å². The maximum atomic E-state index is 13.1. The van der Waals surface area contributed by atoms with E-state index in [2.05, 4.69) is 16.8 Å². The minimum absolute atomic E-state index is 0.253. The second-order valence-electron chi connectivity index (χ2n) is 5.13. The predicted molar refractivity (Wildman–Crippen MR) is 91.6 cm³/mol. The minimum atomic E-state index is -0.292. The topological polar surface area (TPSA) is 30.7 Å². The Morgan fingerprint density at radius 2 is 1.58 bits per heavy atom. The number of aromatic nitrogens is 3. The summed E-state index contributed by atoms with van der Waals surface area (Å²) in [7, 11) is 0. The highest BCUT2D eigenvalue weighted by Gasteiger charge is 2.13. The zero-order valence-corrected chi connectivity index (χ0v) is 13.6. The molecule has 0 atom stereocenters. The molecule has 122 valence electrons. The van der Waals surface area contributed by atoms with Crippen LogP contribution in [0.3, 0.4) is 0 Å². The first-order valence-corrected chi connectivity index (χ1v) is 8.33. The van der Waals surface area contributed by atoms with Crippen LogP contribution in [-0.2, 0) is 12.3 Å². The first-order chi connectivity index (χ1) is 11.7. The van der Waals surface area contributed by atoms with Crippen LogP contribution in [-0.4, -0.2) is 14.8 Å². The number of rotatable bonds is 6. The lowest BCUT2D eigenvalue weighted by Gasteiger charge is -2.08. The molecule has 0 saturated carbocycles. The Labute approximate surface area is 143 Å². The highest BCUT2D eigenvalue weighted by atomic mass is 32.2. The average molecular weight is 343 g/mol. The van der Waals surface area contributed by atoms with E-state index >= 15 is 0 Å². The van der Waals surface area contributed by atoms with Crippen molar-refractivity contribution in [1.82, 2.24) is 14.8 Å². The lowest BCUT2D eigenvalue weighted by atomic mass is 10.2. The monoisotopic (exact) mass is 343 g/mol. The fraction of sp³-hybridized carbons (Fsp3) is 0.111. The molecular weight excluding hydrogens is 328 g/mol. The highest BCUT2D eigenvalue weighted by Crippen LogP contribution is 2.26. The molecule has 2 aromatic carbocycles. The number of allylic oxidation sites excluding steroid dienone is 1. The summed E-state index contributed by atoms with van der Waals surface area (Å²) < 4.78 is 28.0. The molecule has 0 N–H and O–H groups in total. The average Bonchev–Trinajstić information content (AvgIpc) is 2.98. The van der Waals surface area contributed by atoms with E-state index in [-0.39, 0.29) is 11.6 Å². The van der Waals surface area contributed by atoms with Crippen LogP contribution >= 0.6 is 11.8 Å². The molecule has 24 heavy (non-hydrogen) atoms. The summed E-state index contributed by atoms with van der Waals surface area (Å²) in [6.45, 7) is 4.31. The van der Waals surface area contributed by atoms with Crippen molar-refractivity contribution in [2.45, 2.75) is 17.5 Å². The third kappa shape index (κ3) is 3.71. The van der Waals surface area contributed by atoms with Gasteiger partial charge in [0.05, 0.1) is 0 Å². The molecule has 3 rings (SSSR count). The van der Waals surface area contributed by atoms with Crippen LogP contribution in [0.2, 0.25) is 0 Å². The van der Waals surface area contributed by atoms with Gasteiger partial charge in [-0.15, -0.1) is 16.8 Å². The van der Waals surface area contributed by atoms with Crippen molar-refractivity contribution in [2.24, 2.45) is 0 Å². The molecule has 0 unspecified atom stereocenters. The molecule has 0 aliphatic carbocycles. The molecule has 0 fully saturated rings. The summed E-state index contributed by atoms with van der Waals surface area (Å²) in [6.07, 6.45) is 1.76. The van der Waals surface area contributed by atoms with Crippen molar-refractivity contribution in [3.63, 3.8) is 0 Å². The van der Waals surface area contributed by atoms with Gasteiger partial charge < -0.3 is 0 Å². The quantitative estimate of drug-likeness (QED) is 0.480. The summed E-state index contributed by atoms with van der Waals surface area (Å²) in [5.74, 6) is 0.770. The summed E-state index contributed by atoms with van der Waals surface area (Å²) in [5, 5.41) is 9.18. The van der Waals surface area contributed by atoms with Crippen molar-refractivity contribution in [2.75, 3.05) is 0 Å². The first kappa shape index (κ1) is 16.4. The Hall–Kier alpha value is -2.47. The number of hydrogen-bond donors (Lipinski definition) is 0. The Morgan fingerprint density at radius 3 is 2.21 bits per heavy atom. The van der Waals surface area contributed by atoms with E-state index in [1.165, 1.54) is 36.0 Å². The first-order valence-electron chi connectivity index (χ1n) is 7.34.